The highest BCUT2D eigenvalue weighted by atomic mass is 19.2. The average molecular weight is 420 g/mol. The molecule has 1 aromatic carbocycles. The smallest absolute Gasteiger partial charge is 0.389 e. The van der Waals surface area contributed by atoms with Crippen LogP contribution in [0.5, 0.6) is 0 Å². The molecule has 4 nitrogen and oxygen atoms in total. The predicted molar refractivity (Wildman–Crippen MR) is 122 cm³/mol. The summed E-state index contributed by atoms with van der Waals surface area (Å²) >= 11 is 0. The third kappa shape index (κ3) is 2.40. The Morgan fingerprint density at radius 3 is 2.32 bits per heavy atom. The SMILES string of the molecule is CCc1c(C)[nH]c(-c2nc3ccccc3[n+]3c2-c2c(C)c(CC)c(C)n2[B-]3(F)F)c1C. The van der Waals surface area contributed by atoms with E-state index in [0.717, 1.165) is 40.9 Å². The van der Waals surface area contributed by atoms with Crippen molar-refractivity contribution in [2.24, 2.45) is 0 Å². The van der Waals surface area contributed by atoms with E-state index in [-0.39, 0.29) is 0 Å². The van der Waals surface area contributed by atoms with Crippen LogP contribution in [0.15, 0.2) is 24.3 Å². The molecular formula is C24H27BF2N4. The molecular weight excluding hydrogens is 393 g/mol. The van der Waals surface area contributed by atoms with Crippen LogP contribution in [0.2, 0.25) is 0 Å². The molecule has 0 bridgehead atoms. The molecule has 31 heavy (non-hydrogen) atoms. The standard InChI is InChI=1S/C24H27BF2N4/c1-7-17-13(3)21(28-15(17)5)22-24-23-14(4)18(8-2)16(6)30(23)25(26,27)31(24)20-12-10-9-11-19(20)29-22/h9-12,28H,7-8H2,1-6H3. The Morgan fingerprint density at radius 2 is 1.68 bits per heavy atom. The minimum Gasteiger partial charge on any atom is -0.389 e. The van der Waals surface area contributed by atoms with Gasteiger partial charge in [-0.3, -0.25) is 0 Å². The van der Waals surface area contributed by atoms with Gasteiger partial charge in [0.25, 0.3) is 0 Å². The topological polar surface area (TPSA) is 37.5 Å². The number of para-hydroxylation sites is 2. The van der Waals surface area contributed by atoms with Gasteiger partial charge in [-0.2, -0.15) is 0 Å². The van der Waals surface area contributed by atoms with Crippen molar-refractivity contribution in [2.45, 2.75) is 54.4 Å². The largest absolute Gasteiger partial charge is 0.738 e. The van der Waals surface area contributed by atoms with Crippen molar-refractivity contribution in [3.63, 3.8) is 0 Å². The highest BCUT2D eigenvalue weighted by molar-refractivity contribution is 6.58. The number of nitrogens with one attached hydrogen (secondary N) is 1. The third-order valence-corrected chi connectivity index (χ3v) is 7.07. The van der Waals surface area contributed by atoms with Crippen LogP contribution in [0, 0.1) is 27.7 Å². The van der Waals surface area contributed by atoms with Gasteiger partial charge in [-0.1, -0.05) is 26.0 Å². The molecule has 0 saturated heterocycles. The molecule has 0 amide bonds. The third-order valence-electron chi connectivity index (χ3n) is 7.07. The van der Waals surface area contributed by atoms with Crippen LogP contribution in [0.1, 0.15) is 47.5 Å². The second-order valence-electron chi connectivity index (χ2n) is 8.60. The van der Waals surface area contributed by atoms with E-state index in [2.05, 4.69) is 18.8 Å². The number of aromatic nitrogens is 4. The van der Waals surface area contributed by atoms with Crippen molar-refractivity contribution >= 4 is 18.0 Å². The number of fused-ring (bicyclic) bond motifs is 5. The summed E-state index contributed by atoms with van der Waals surface area (Å²) in [4.78, 5) is 8.41. The van der Waals surface area contributed by atoms with Gasteiger partial charge in [-0.05, 0) is 74.6 Å². The van der Waals surface area contributed by atoms with E-state index in [1.807, 2.05) is 39.8 Å². The summed E-state index contributed by atoms with van der Waals surface area (Å²) in [6.45, 7) is 7.97. The second kappa shape index (κ2) is 6.52. The minimum atomic E-state index is -4.03. The highest BCUT2D eigenvalue weighted by Gasteiger charge is 2.56. The quantitative estimate of drug-likeness (QED) is 0.441. The van der Waals surface area contributed by atoms with Gasteiger partial charge in [0.15, 0.2) is 11.2 Å². The Hall–Kier alpha value is -2.96. The summed E-state index contributed by atoms with van der Waals surface area (Å²) in [6, 6.07) is 7.21. The predicted octanol–water partition coefficient (Wildman–Crippen LogP) is 5.43. The van der Waals surface area contributed by atoms with Gasteiger partial charge in [0.05, 0.1) is 11.4 Å². The first-order valence-electron chi connectivity index (χ1n) is 11.0. The number of aromatic amines is 1. The molecule has 0 spiro atoms. The van der Waals surface area contributed by atoms with E-state index >= 15 is 8.63 Å². The van der Waals surface area contributed by atoms with Gasteiger partial charge < -0.3 is 22.6 Å². The van der Waals surface area contributed by atoms with Crippen molar-refractivity contribution in [3.8, 4) is 22.8 Å². The number of benzene rings is 1. The summed E-state index contributed by atoms with van der Waals surface area (Å²) in [7, 11) is 0. The van der Waals surface area contributed by atoms with Crippen molar-refractivity contribution in [1.29, 1.82) is 0 Å². The molecule has 3 aromatic heterocycles. The minimum absolute atomic E-state index is 0.462. The van der Waals surface area contributed by atoms with Crippen molar-refractivity contribution in [2.75, 3.05) is 0 Å². The lowest BCUT2D eigenvalue weighted by atomic mass is 9.95. The summed E-state index contributed by atoms with van der Waals surface area (Å²) in [5, 5.41) is 0. The first-order valence-corrected chi connectivity index (χ1v) is 11.0. The fraction of sp³-hybridized carbons (Fsp3) is 0.333. The normalized spacial score (nSPS) is 14.3. The summed E-state index contributed by atoms with van der Waals surface area (Å²) in [5.74, 6) is 0. The molecule has 4 aromatic rings. The summed E-state index contributed by atoms with van der Waals surface area (Å²) < 4.78 is 34.8. The van der Waals surface area contributed by atoms with Gasteiger partial charge in [-0.25, -0.2) is 4.98 Å². The van der Waals surface area contributed by atoms with Crippen LogP contribution >= 0.6 is 0 Å². The molecule has 0 atom stereocenters. The number of H-pyrrole nitrogens is 1. The molecule has 1 aliphatic heterocycles. The molecule has 5 rings (SSSR count). The number of hydrogen-bond donors (Lipinski definition) is 1. The highest BCUT2D eigenvalue weighted by Crippen LogP contribution is 2.43. The molecule has 4 heterocycles. The lowest BCUT2D eigenvalue weighted by molar-refractivity contribution is -0.522. The zero-order valence-corrected chi connectivity index (χ0v) is 18.9. The zero-order chi connectivity index (χ0) is 22.2. The number of hydrogen-bond acceptors (Lipinski definition) is 1. The Labute approximate surface area is 181 Å². The first kappa shape index (κ1) is 20.0. The molecule has 0 saturated carbocycles. The fourth-order valence-electron chi connectivity index (χ4n) is 5.67. The van der Waals surface area contributed by atoms with Crippen LogP contribution in [-0.2, 0) is 12.8 Å². The Bertz CT molecular complexity index is 1380. The molecule has 0 fully saturated rings. The molecule has 0 radical (unpaired) electrons. The average Bonchev–Trinajstić information content (AvgIpc) is 3.27. The van der Waals surface area contributed by atoms with Gasteiger partial charge in [0.2, 0.25) is 5.69 Å². The van der Waals surface area contributed by atoms with E-state index in [9.17, 15) is 0 Å². The summed E-state index contributed by atoms with van der Waals surface area (Å²) in [6.07, 6.45) is 1.60. The van der Waals surface area contributed by atoms with Crippen LogP contribution in [0.25, 0.3) is 33.8 Å². The van der Waals surface area contributed by atoms with Crippen molar-refractivity contribution in [3.05, 3.63) is 57.9 Å². The van der Waals surface area contributed by atoms with E-state index < -0.39 is 6.97 Å². The number of nitrogens with zero attached hydrogens (tertiary/aromatic N) is 3. The fourth-order valence-corrected chi connectivity index (χ4v) is 5.67. The van der Waals surface area contributed by atoms with Crippen LogP contribution in [0.3, 0.4) is 0 Å². The molecule has 1 aliphatic rings. The van der Waals surface area contributed by atoms with Gasteiger partial charge in [0, 0.05) is 11.8 Å². The van der Waals surface area contributed by atoms with E-state index in [4.69, 9.17) is 4.98 Å². The lowest BCUT2D eigenvalue weighted by Gasteiger charge is -2.19. The van der Waals surface area contributed by atoms with Crippen molar-refractivity contribution < 1.29 is 13.1 Å². The molecule has 0 unspecified atom stereocenters. The summed E-state index contributed by atoms with van der Waals surface area (Å²) in [5.41, 5.74) is 9.50. The van der Waals surface area contributed by atoms with E-state index in [1.54, 1.807) is 12.1 Å². The Balaban J connectivity index is 2.00. The van der Waals surface area contributed by atoms with Crippen LogP contribution in [-0.4, -0.2) is 21.4 Å². The maximum atomic E-state index is 16.1. The Kier molecular flexibility index (Phi) is 4.20. The zero-order valence-electron chi connectivity index (χ0n) is 18.9. The first-order chi connectivity index (χ1) is 14.7. The van der Waals surface area contributed by atoms with Crippen LogP contribution < -0.4 is 4.48 Å². The number of halogens is 2. The Morgan fingerprint density at radius 1 is 1.00 bits per heavy atom. The number of aryl methyl sites for hydroxylation is 1. The van der Waals surface area contributed by atoms with Crippen LogP contribution in [0.4, 0.5) is 8.63 Å². The monoisotopic (exact) mass is 420 g/mol. The molecule has 160 valence electrons. The maximum Gasteiger partial charge on any atom is 0.738 e. The lowest BCUT2D eigenvalue weighted by Crippen LogP contribution is -2.61. The van der Waals surface area contributed by atoms with Crippen molar-refractivity contribution in [1.82, 2.24) is 14.4 Å². The molecule has 7 heteroatoms. The molecule has 1 N–H and O–H groups in total. The molecule has 0 aliphatic carbocycles. The van der Waals surface area contributed by atoms with E-state index in [1.165, 1.54) is 14.5 Å². The van der Waals surface area contributed by atoms with Gasteiger partial charge >= 0.3 is 6.97 Å². The number of rotatable bonds is 3. The van der Waals surface area contributed by atoms with Gasteiger partial charge in [-0.15, -0.1) is 0 Å². The van der Waals surface area contributed by atoms with E-state index in [0.29, 0.717) is 33.8 Å². The second-order valence-corrected chi connectivity index (χ2v) is 8.60. The maximum absolute atomic E-state index is 16.1. The van der Waals surface area contributed by atoms with Gasteiger partial charge in [0.1, 0.15) is 5.52 Å².